The first-order valence-corrected chi connectivity index (χ1v) is 11.2. The summed E-state index contributed by atoms with van der Waals surface area (Å²) in [6.07, 6.45) is 3.21. The molecule has 33 heavy (non-hydrogen) atoms. The van der Waals surface area contributed by atoms with E-state index in [1.54, 1.807) is 18.3 Å². The molecule has 2 aromatic carbocycles. The molecule has 1 atom stereocenters. The Morgan fingerprint density at radius 3 is 2.55 bits per heavy atom. The van der Waals surface area contributed by atoms with Crippen molar-refractivity contribution in [3.8, 4) is 0 Å². The SMILES string of the molecule is O=C(N[C@@H](c1ccc(F)cc1)c1ccccn1)C1CCN(Cc2nc3ccccc3o2)CC1. The Labute approximate surface area is 191 Å². The van der Waals surface area contributed by atoms with Gasteiger partial charge in [-0.25, -0.2) is 9.37 Å². The molecule has 1 amide bonds. The third kappa shape index (κ3) is 4.93. The van der Waals surface area contributed by atoms with Gasteiger partial charge in [0.1, 0.15) is 11.3 Å². The molecule has 0 saturated carbocycles. The van der Waals surface area contributed by atoms with Gasteiger partial charge in [0, 0.05) is 12.1 Å². The number of amides is 1. The smallest absolute Gasteiger partial charge is 0.224 e. The lowest BCUT2D eigenvalue weighted by Crippen LogP contribution is -2.41. The summed E-state index contributed by atoms with van der Waals surface area (Å²) in [5.41, 5.74) is 3.19. The topological polar surface area (TPSA) is 71.3 Å². The van der Waals surface area contributed by atoms with Crippen molar-refractivity contribution in [1.29, 1.82) is 0 Å². The fourth-order valence-electron chi connectivity index (χ4n) is 4.32. The summed E-state index contributed by atoms with van der Waals surface area (Å²) in [7, 11) is 0. The highest BCUT2D eigenvalue weighted by Gasteiger charge is 2.28. The van der Waals surface area contributed by atoms with E-state index in [0.29, 0.717) is 12.4 Å². The molecule has 3 heterocycles. The van der Waals surface area contributed by atoms with Crippen LogP contribution in [0.15, 0.2) is 77.3 Å². The normalized spacial score (nSPS) is 16.0. The Kier molecular flexibility index (Phi) is 6.13. The number of aromatic nitrogens is 2. The van der Waals surface area contributed by atoms with Crippen LogP contribution in [0.2, 0.25) is 0 Å². The minimum atomic E-state index is -0.419. The predicted molar refractivity (Wildman–Crippen MR) is 123 cm³/mol. The molecule has 1 aliphatic rings. The quantitative estimate of drug-likeness (QED) is 0.475. The number of fused-ring (bicyclic) bond motifs is 1. The van der Waals surface area contributed by atoms with Crippen LogP contribution in [0.3, 0.4) is 0 Å². The van der Waals surface area contributed by atoms with E-state index in [9.17, 15) is 9.18 Å². The molecule has 5 rings (SSSR count). The standard InChI is InChI=1S/C26H25FN4O2/c27-20-10-8-18(9-11-20)25(22-6-3-4-14-28-22)30-26(32)19-12-15-31(16-13-19)17-24-29-21-5-1-2-7-23(21)33-24/h1-11,14,19,25H,12-13,15-17H2,(H,30,32)/t25-/m0/s1. The third-order valence-electron chi connectivity index (χ3n) is 6.13. The molecule has 0 bridgehead atoms. The number of oxazole rings is 1. The van der Waals surface area contributed by atoms with E-state index in [2.05, 4.69) is 20.2 Å². The first kappa shape index (κ1) is 21.3. The number of benzene rings is 2. The third-order valence-corrected chi connectivity index (χ3v) is 6.13. The van der Waals surface area contributed by atoms with E-state index in [4.69, 9.17) is 4.42 Å². The number of piperidine rings is 1. The summed E-state index contributed by atoms with van der Waals surface area (Å²) in [6.45, 7) is 2.22. The van der Waals surface area contributed by atoms with Gasteiger partial charge >= 0.3 is 0 Å². The summed E-state index contributed by atoms with van der Waals surface area (Å²) < 4.78 is 19.3. The number of hydrogen-bond acceptors (Lipinski definition) is 5. The van der Waals surface area contributed by atoms with Crippen molar-refractivity contribution >= 4 is 17.0 Å². The molecule has 168 valence electrons. The van der Waals surface area contributed by atoms with Gasteiger partial charge < -0.3 is 9.73 Å². The lowest BCUT2D eigenvalue weighted by molar-refractivity contribution is -0.127. The molecule has 6 nitrogen and oxygen atoms in total. The maximum Gasteiger partial charge on any atom is 0.224 e. The molecular formula is C26H25FN4O2. The number of likely N-dealkylation sites (tertiary alicyclic amines) is 1. The molecule has 0 radical (unpaired) electrons. The highest BCUT2D eigenvalue weighted by molar-refractivity contribution is 5.79. The lowest BCUT2D eigenvalue weighted by atomic mass is 9.94. The van der Waals surface area contributed by atoms with Crippen LogP contribution in [0.1, 0.15) is 36.0 Å². The van der Waals surface area contributed by atoms with Crippen LogP contribution in [0.25, 0.3) is 11.1 Å². The maximum absolute atomic E-state index is 13.4. The van der Waals surface area contributed by atoms with E-state index in [1.807, 2.05) is 42.5 Å². The second kappa shape index (κ2) is 9.50. The zero-order valence-electron chi connectivity index (χ0n) is 18.2. The van der Waals surface area contributed by atoms with Gasteiger partial charge in [-0.3, -0.25) is 14.7 Å². The fourth-order valence-corrected chi connectivity index (χ4v) is 4.32. The summed E-state index contributed by atoms with van der Waals surface area (Å²) in [6, 6.07) is 19.1. The monoisotopic (exact) mass is 444 g/mol. The molecule has 0 unspecified atom stereocenters. The maximum atomic E-state index is 13.4. The van der Waals surface area contributed by atoms with Crippen molar-refractivity contribution < 1.29 is 13.6 Å². The van der Waals surface area contributed by atoms with Crippen molar-refractivity contribution in [2.45, 2.75) is 25.4 Å². The average molecular weight is 445 g/mol. The highest BCUT2D eigenvalue weighted by atomic mass is 19.1. The summed E-state index contributed by atoms with van der Waals surface area (Å²) in [4.78, 5) is 24.4. The number of carbonyl (C=O) groups is 1. The van der Waals surface area contributed by atoms with Crippen molar-refractivity contribution in [3.63, 3.8) is 0 Å². The predicted octanol–water partition coefficient (Wildman–Crippen LogP) is 4.48. The second-order valence-corrected chi connectivity index (χ2v) is 8.37. The zero-order valence-corrected chi connectivity index (χ0v) is 18.2. The van der Waals surface area contributed by atoms with Crippen LogP contribution in [0.5, 0.6) is 0 Å². The first-order chi connectivity index (χ1) is 16.2. The van der Waals surface area contributed by atoms with Crippen molar-refractivity contribution in [1.82, 2.24) is 20.2 Å². The number of para-hydroxylation sites is 2. The summed E-state index contributed by atoms with van der Waals surface area (Å²) in [5.74, 6) is 0.301. The molecule has 7 heteroatoms. The van der Waals surface area contributed by atoms with Crippen LogP contribution >= 0.6 is 0 Å². The Morgan fingerprint density at radius 1 is 1.06 bits per heavy atom. The molecule has 1 N–H and O–H groups in total. The van der Waals surface area contributed by atoms with Gasteiger partial charge in [-0.1, -0.05) is 30.3 Å². The summed E-state index contributed by atoms with van der Waals surface area (Å²) in [5, 5.41) is 3.15. The van der Waals surface area contributed by atoms with E-state index >= 15 is 0 Å². The largest absolute Gasteiger partial charge is 0.439 e. The van der Waals surface area contributed by atoms with E-state index in [0.717, 1.165) is 48.3 Å². The molecule has 1 aliphatic heterocycles. The van der Waals surface area contributed by atoms with Crippen LogP contribution in [0, 0.1) is 11.7 Å². The van der Waals surface area contributed by atoms with Crippen LogP contribution in [0.4, 0.5) is 4.39 Å². The summed E-state index contributed by atoms with van der Waals surface area (Å²) >= 11 is 0. The number of nitrogens with one attached hydrogen (secondary N) is 1. The number of rotatable bonds is 6. The molecule has 2 aromatic heterocycles. The molecule has 1 fully saturated rings. The average Bonchev–Trinajstić information content (AvgIpc) is 3.26. The van der Waals surface area contributed by atoms with E-state index in [1.165, 1.54) is 12.1 Å². The number of hydrogen-bond donors (Lipinski definition) is 1. The van der Waals surface area contributed by atoms with E-state index in [-0.39, 0.29) is 17.6 Å². The van der Waals surface area contributed by atoms with Gasteiger partial charge in [0.2, 0.25) is 11.8 Å². The Balaban J connectivity index is 1.22. The van der Waals surface area contributed by atoms with Gasteiger partial charge in [0.05, 0.1) is 18.3 Å². The molecule has 1 saturated heterocycles. The minimum Gasteiger partial charge on any atom is -0.439 e. The number of nitrogens with zero attached hydrogens (tertiary/aromatic N) is 3. The lowest BCUT2D eigenvalue weighted by Gasteiger charge is -2.31. The van der Waals surface area contributed by atoms with Crippen LogP contribution < -0.4 is 5.32 Å². The zero-order chi connectivity index (χ0) is 22.6. The highest BCUT2D eigenvalue weighted by Crippen LogP contribution is 2.25. The molecule has 4 aromatic rings. The second-order valence-electron chi connectivity index (χ2n) is 8.37. The Morgan fingerprint density at radius 2 is 1.82 bits per heavy atom. The van der Waals surface area contributed by atoms with Crippen molar-refractivity contribution in [2.75, 3.05) is 13.1 Å². The minimum absolute atomic E-state index is 0.00325. The fraction of sp³-hybridized carbons (Fsp3) is 0.269. The van der Waals surface area contributed by atoms with Gasteiger partial charge in [-0.05, 0) is 67.9 Å². The molecule has 0 aliphatic carbocycles. The molecular weight excluding hydrogens is 419 g/mol. The number of pyridine rings is 1. The Hall–Kier alpha value is -3.58. The van der Waals surface area contributed by atoms with Gasteiger partial charge in [0.15, 0.2) is 5.58 Å². The van der Waals surface area contributed by atoms with Gasteiger partial charge in [0.25, 0.3) is 0 Å². The Bertz CT molecular complexity index is 1190. The van der Waals surface area contributed by atoms with Crippen molar-refractivity contribution in [3.05, 3.63) is 95.9 Å². The van der Waals surface area contributed by atoms with E-state index < -0.39 is 6.04 Å². The molecule has 0 spiro atoms. The van der Waals surface area contributed by atoms with Crippen LogP contribution in [-0.4, -0.2) is 33.9 Å². The first-order valence-electron chi connectivity index (χ1n) is 11.2. The van der Waals surface area contributed by atoms with Crippen molar-refractivity contribution in [2.24, 2.45) is 5.92 Å². The number of carbonyl (C=O) groups excluding carboxylic acids is 1. The van der Waals surface area contributed by atoms with Crippen LogP contribution in [-0.2, 0) is 11.3 Å². The van der Waals surface area contributed by atoms with Gasteiger partial charge in [-0.15, -0.1) is 0 Å². The number of halogens is 1. The van der Waals surface area contributed by atoms with Gasteiger partial charge in [-0.2, -0.15) is 0 Å².